The van der Waals surface area contributed by atoms with Gasteiger partial charge in [-0.05, 0) is 43.4 Å². The molecule has 0 spiro atoms. The van der Waals surface area contributed by atoms with Gasteiger partial charge in [0.2, 0.25) is 0 Å². The molecule has 2 atom stereocenters. The third-order valence-electron chi connectivity index (χ3n) is 4.71. The number of furan rings is 1. The van der Waals surface area contributed by atoms with Crippen LogP contribution in [0.3, 0.4) is 0 Å². The van der Waals surface area contributed by atoms with Crippen molar-refractivity contribution < 1.29 is 9.34 Å². The van der Waals surface area contributed by atoms with E-state index in [1.165, 1.54) is 18.7 Å². The molecule has 0 saturated heterocycles. The summed E-state index contributed by atoms with van der Waals surface area (Å²) in [5.74, 6) is 4.10. The van der Waals surface area contributed by atoms with Crippen LogP contribution in [0.2, 0.25) is 0 Å². The van der Waals surface area contributed by atoms with Gasteiger partial charge >= 0.3 is 0 Å². The minimum atomic E-state index is -0.423. The molecule has 2 aliphatic rings. The molecule has 0 aliphatic heterocycles. The lowest BCUT2D eigenvalue weighted by Crippen LogP contribution is -2.25. The lowest BCUT2D eigenvalue weighted by Gasteiger charge is -2.22. The smallest absolute Gasteiger partial charge is 0.287 e. The second-order valence-corrected chi connectivity index (χ2v) is 6.61. The zero-order chi connectivity index (χ0) is 16.0. The maximum absolute atomic E-state index is 10.8. The fourth-order valence-corrected chi connectivity index (χ4v) is 3.00. The Balaban J connectivity index is 1.51. The van der Waals surface area contributed by atoms with E-state index in [4.69, 9.17) is 4.42 Å². The molecule has 2 fully saturated rings. The number of aromatic nitrogens is 1. The number of nitrogens with zero attached hydrogens (tertiary/aromatic N) is 3. The van der Waals surface area contributed by atoms with Crippen molar-refractivity contribution in [2.24, 2.45) is 5.92 Å². The molecule has 120 valence electrons. The quantitative estimate of drug-likeness (QED) is 0.598. The number of anilines is 1. The van der Waals surface area contributed by atoms with Gasteiger partial charge in [-0.15, -0.1) is 0 Å². The lowest BCUT2D eigenvalue weighted by atomic mass is 10.3. The zero-order valence-electron chi connectivity index (χ0n) is 13.0. The van der Waals surface area contributed by atoms with Crippen LogP contribution in [0.15, 0.2) is 34.9 Å². The summed E-state index contributed by atoms with van der Waals surface area (Å²) in [6.45, 7) is 2.90. The fourth-order valence-electron chi connectivity index (χ4n) is 3.00. The highest BCUT2D eigenvalue weighted by molar-refractivity contribution is 5.45. The minimum absolute atomic E-state index is 0.0208. The highest BCUT2D eigenvalue weighted by atomic mass is 16.6. The van der Waals surface area contributed by atoms with Crippen molar-refractivity contribution in [3.8, 4) is 0 Å². The molecule has 0 radical (unpaired) electrons. The molecule has 2 aliphatic carbocycles. The van der Waals surface area contributed by atoms with Gasteiger partial charge in [-0.1, -0.05) is 6.92 Å². The van der Waals surface area contributed by atoms with Crippen molar-refractivity contribution in [3.05, 3.63) is 52.1 Å². The van der Waals surface area contributed by atoms with Gasteiger partial charge in [0, 0.05) is 18.0 Å². The van der Waals surface area contributed by atoms with E-state index >= 15 is 0 Å². The highest BCUT2D eigenvalue weighted by Gasteiger charge is 2.37. The van der Waals surface area contributed by atoms with Crippen molar-refractivity contribution in [3.63, 3.8) is 0 Å². The van der Waals surface area contributed by atoms with Crippen LogP contribution in [0, 0.1) is 16.0 Å². The summed E-state index contributed by atoms with van der Waals surface area (Å²) in [6.07, 6.45) is 4.80. The van der Waals surface area contributed by atoms with Gasteiger partial charge in [0.15, 0.2) is 0 Å². The van der Waals surface area contributed by atoms with Crippen molar-refractivity contribution >= 4 is 11.5 Å². The van der Waals surface area contributed by atoms with Crippen LogP contribution in [-0.4, -0.2) is 15.9 Å². The number of hydrogen-bond acceptors (Lipinski definition) is 5. The Labute approximate surface area is 134 Å². The molecule has 2 heterocycles. The molecule has 2 aromatic rings. The van der Waals surface area contributed by atoms with Gasteiger partial charge in [-0.2, -0.15) is 0 Å². The van der Waals surface area contributed by atoms with Crippen LogP contribution in [0.4, 0.5) is 11.5 Å². The van der Waals surface area contributed by atoms with Crippen LogP contribution in [0.5, 0.6) is 0 Å². The lowest BCUT2D eigenvalue weighted by molar-refractivity contribution is -0.385. The molecule has 2 aromatic heterocycles. The zero-order valence-corrected chi connectivity index (χ0v) is 13.0. The summed E-state index contributed by atoms with van der Waals surface area (Å²) in [5, 5.41) is 10.8. The summed E-state index contributed by atoms with van der Waals surface area (Å²) >= 11 is 0. The standard InChI is InChI=1S/C17H19N3O3/c1-11-8-15(11)16-6-5-14(23-16)10-19(12-2-3-12)17-7-4-13(9-18-17)20(21)22/h4-7,9,11-12,15H,2-3,8,10H2,1H3/t11-,15+/m1/s1. The summed E-state index contributed by atoms with van der Waals surface area (Å²) < 4.78 is 5.99. The summed E-state index contributed by atoms with van der Waals surface area (Å²) in [4.78, 5) is 16.8. The molecule has 2 saturated carbocycles. The number of hydrogen-bond donors (Lipinski definition) is 0. The van der Waals surface area contributed by atoms with E-state index < -0.39 is 4.92 Å². The largest absolute Gasteiger partial charge is 0.464 e. The van der Waals surface area contributed by atoms with Crippen molar-refractivity contribution in [1.82, 2.24) is 4.98 Å². The van der Waals surface area contributed by atoms with Gasteiger partial charge in [-0.3, -0.25) is 10.1 Å². The van der Waals surface area contributed by atoms with Gasteiger partial charge in [-0.25, -0.2) is 4.98 Å². The third-order valence-corrected chi connectivity index (χ3v) is 4.71. The molecule has 0 amide bonds. The molecule has 6 nitrogen and oxygen atoms in total. The second-order valence-electron chi connectivity index (χ2n) is 6.61. The Morgan fingerprint density at radius 1 is 1.35 bits per heavy atom. The van der Waals surface area contributed by atoms with Crippen molar-refractivity contribution in [2.45, 2.75) is 44.7 Å². The van der Waals surface area contributed by atoms with Crippen LogP contribution in [0.1, 0.15) is 43.6 Å². The van der Waals surface area contributed by atoms with Crippen molar-refractivity contribution in [1.29, 1.82) is 0 Å². The van der Waals surface area contributed by atoms with Gasteiger partial charge in [0.05, 0.1) is 11.5 Å². The minimum Gasteiger partial charge on any atom is -0.464 e. The predicted octanol–water partition coefficient (Wildman–Crippen LogP) is 3.88. The molecular weight excluding hydrogens is 294 g/mol. The number of rotatable bonds is 6. The average molecular weight is 313 g/mol. The fraction of sp³-hybridized carbons (Fsp3) is 0.471. The van der Waals surface area contributed by atoms with Crippen molar-refractivity contribution in [2.75, 3.05) is 4.90 Å². The first-order valence-electron chi connectivity index (χ1n) is 8.07. The topological polar surface area (TPSA) is 72.4 Å². The summed E-state index contributed by atoms with van der Waals surface area (Å²) in [6, 6.07) is 7.82. The molecule has 6 heteroatoms. The first kappa shape index (κ1) is 14.2. The highest BCUT2D eigenvalue weighted by Crippen LogP contribution is 2.47. The van der Waals surface area contributed by atoms with Crippen LogP contribution in [-0.2, 0) is 6.54 Å². The molecular formula is C17H19N3O3. The van der Waals surface area contributed by atoms with E-state index in [-0.39, 0.29) is 5.69 Å². The summed E-state index contributed by atoms with van der Waals surface area (Å²) in [5.41, 5.74) is 0.0208. The molecule has 0 unspecified atom stereocenters. The van der Waals surface area contributed by atoms with Gasteiger partial charge in [0.25, 0.3) is 5.69 Å². The van der Waals surface area contributed by atoms with E-state index in [2.05, 4.69) is 22.9 Å². The van der Waals surface area contributed by atoms with E-state index in [1.54, 1.807) is 6.07 Å². The predicted molar refractivity (Wildman–Crippen MR) is 85.3 cm³/mol. The Hall–Kier alpha value is -2.37. The second kappa shape index (κ2) is 5.37. The van der Waals surface area contributed by atoms with E-state index in [1.807, 2.05) is 6.07 Å². The maximum atomic E-state index is 10.8. The van der Waals surface area contributed by atoms with E-state index in [0.717, 1.165) is 36.1 Å². The maximum Gasteiger partial charge on any atom is 0.287 e. The van der Waals surface area contributed by atoms with E-state index in [9.17, 15) is 10.1 Å². The monoisotopic (exact) mass is 313 g/mol. The average Bonchev–Trinajstić information content (AvgIpc) is 3.46. The Kier molecular flexibility index (Phi) is 3.32. The molecule has 0 aromatic carbocycles. The normalized spacial score (nSPS) is 22.8. The molecule has 23 heavy (non-hydrogen) atoms. The van der Waals surface area contributed by atoms with Gasteiger partial charge in [0.1, 0.15) is 23.5 Å². The SMILES string of the molecule is C[C@@H]1C[C@@H]1c1ccc(CN(c2ccc([N+](=O)[O-])cn2)C2CC2)o1. The number of pyridine rings is 1. The summed E-state index contributed by atoms with van der Waals surface area (Å²) in [7, 11) is 0. The van der Waals surface area contributed by atoms with Crippen LogP contribution >= 0.6 is 0 Å². The Morgan fingerprint density at radius 2 is 2.13 bits per heavy atom. The Morgan fingerprint density at radius 3 is 2.70 bits per heavy atom. The Bertz CT molecular complexity index is 721. The van der Waals surface area contributed by atoms with Crippen LogP contribution in [0.25, 0.3) is 0 Å². The van der Waals surface area contributed by atoms with Gasteiger partial charge < -0.3 is 9.32 Å². The number of nitro groups is 1. The third kappa shape index (κ3) is 2.93. The first-order chi connectivity index (χ1) is 11.1. The molecule has 4 rings (SSSR count). The first-order valence-corrected chi connectivity index (χ1v) is 8.07. The van der Waals surface area contributed by atoms with E-state index in [0.29, 0.717) is 18.5 Å². The molecule has 0 N–H and O–H groups in total. The molecule has 0 bridgehead atoms. The van der Waals surface area contributed by atoms with Crippen LogP contribution < -0.4 is 4.90 Å².